The minimum atomic E-state index is -0.206. The summed E-state index contributed by atoms with van der Waals surface area (Å²) in [6.07, 6.45) is 0. The molecule has 5 nitrogen and oxygen atoms in total. The number of aromatic nitrogens is 1. The van der Waals surface area contributed by atoms with Gasteiger partial charge in [-0.15, -0.1) is 0 Å². The van der Waals surface area contributed by atoms with Gasteiger partial charge < -0.3 is 14.5 Å². The second kappa shape index (κ2) is 7.95. The fraction of sp³-hybridized carbons (Fsp3) is 0.167. The highest BCUT2D eigenvalue weighted by atomic mass is 79.9. The van der Waals surface area contributed by atoms with Gasteiger partial charge in [-0.05, 0) is 89.8 Å². The lowest BCUT2D eigenvalue weighted by atomic mass is 10.1. The Balaban J connectivity index is 1.67. The van der Waals surface area contributed by atoms with Gasteiger partial charge in [-0.25, -0.2) is 4.98 Å². The molecular weight excluding hydrogens is 444 g/mol. The first-order valence-electron chi connectivity index (χ1n) is 9.50. The van der Waals surface area contributed by atoms with Crippen molar-refractivity contribution in [3.05, 3.63) is 75.3 Å². The van der Waals surface area contributed by atoms with Crippen molar-refractivity contribution in [2.24, 2.45) is 0 Å². The number of hydrogen-bond donors (Lipinski definition) is 1. The van der Waals surface area contributed by atoms with Crippen LogP contribution in [0, 0.1) is 20.8 Å². The van der Waals surface area contributed by atoms with E-state index >= 15 is 0 Å². The first-order chi connectivity index (χ1) is 14.4. The fourth-order valence-electron chi connectivity index (χ4n) is 3.50. The summed E-state index contributed by atoms with van der Waals surface area (Å²) in [5.74, 6) is 1.01. The number of rotatable bonds is 4. The van der Waals surface area contributed by atoms with Crippen molar-refractivity contribution in [2.45, 2.75) is 20.8 Å². The van der Waals surface area contributed by atoms with Gasteiger partial charge in [0.2, 0.25) is 5.89 Å². The van der Waals surface area contributed by atoms with Crippen LogP contribution in [-0.2, 0) is 0 Å². The maximum atomic E-state index is 12.8. The van der Waals surface area contributed by atoms with Crippen LogP contribution in [-0.4, -0.2) is 18.0 Å². The lowest BCUT2D eigenvalue weighted by Gasteiger charge is -2.12. The lowest BCUT2D eigenvalue weighted by molar-refractivity contribution is 0.102. The number of benzene rings is 3. The average Bonchev–Trinajstić information content (AvgIpc) is 3.13. The summed E-state index contributed by atoms with van der Waals surface area (Å²) in [4.78, 5) is 17.5. The predicted octanol–water partition coefficient (Wildman–Crippen LogP) is 6.44. The van der Waals surface area contributed by atoms with Gasteiger partial charge >= 0.3 is 0 Å². The second-order valence-electron chi connectivity index (χ2n) is 7.23. The lowest BCUT2D eigenvalue weighted by Crippen LogP contribution is -2.13. The van der Waals surface area contributed by atoms with Crippen LogP contribution in [0.5, 0.6) is 5.75 Å². The van der Waals surface area contributed by atoms with Gasteiger partial charge in [0.25, 0.3) is 5.91 Å². The Kier molecular flexibility index (Phi) is 5.35. The van der Waals surface area contributed by atoms with Crippen LogP contribution in [0.3, 0.4) is 0 Å². The number of aryl methyl sites for hydroxylation is 2. The Morgan fingerprint density at radius 1 is 1.10 bits per heavy atom. The first kappa shape index (κ1) is 20.2. The van der Waals surface area contributed by atoms with E-state index in [0.29, 0.717) is 22.9 Å². The Morgan fingerprint density at radius 2 is 1.90 bits per heavy atom. The van der Waals surface area contributed by atoms with Crippen LogP contribution in [0.25, 0.3) is 22.6 Å². The van der Waals surface area contributed by atoms with Crippen LogP contribution in [0.1, 0.15) is 27.0 Å². The Hall–Kier alpha value is -3.12. The number of hydrogen-bond acceptors (Lipinski definition) is 4. The number of fused-ring (bicyclic) bond motifs is 1. The van der Waals surface area contributed by atoms with Gasteiger partial charge in [0.15, 0.2) is 5.58 Å². The van der Waals surface area contributed by atoms with Crippen LogP contribution in [0.2, 0.25) is 0 Å². The number of halogens is 1. The molecule has 0 aliphatic heterocycles. The molecule has 1 N–H and O–H groups in total. The molecule has 0 atom stereocenters. The molecule has 1 aromatic heterocycles. The molecule has 0 fully saturated rings. The monoisotopic (exact) mass is 464 g/mol. The predicted molar refractivity (Wildman–Crippen MR) is 122 cm³/mol. The summed E-state index contributed by atoms with van der Waals surface area (Å²) < 4.78 is 12.0. The quantitative estimate of drug-likeness (QED) is 0.377. The average molecular weight is 465 g/mol. The maximum absolute atomic E-state index is 12.8. The van der Waals surface area contributed by atoms with E-state index in [1.165, 1.54) is 0 Å². The van der Waals surface area contributed by atoms with Crippen molar-refractivity contribution in [1.29, 1.82) is 0 Å². The van der Waals surface area contributed by atoms with Crippen molar-refractivity contribution >= 4 is 38.6 Å². The van der Waals surface area contributed by atoms with E-state index in [-0.39, 0.29) is 5.91 Å². The standard InChI is InChI=1S/C24H21BrN2O3/c1-13-10-14(2)22-20(11-13)27-24(30-22)17-6-5-7-19(15(17)3)26-23(28)16-8-9-21(29-4)18(25)12-16/h5-12H,1-4H3,(H,26,28). The Bertz CT molecular complexity index is 1280. The first-order valence-corrected chi connectivity index (χ1v) is 10.3. The Labute approximate surface area is 183 Å². The minimum Gasteiger partial charge on any atom is -0.496 e. The highest BCUT2D eigenvalue weighted by molar-refractivity contribution is 9.10. The molecule has 6 heteroatoms. The zero-order chi connectivity index (χ0) is 21.4. The summed E-state index contributed by atoms with van der Waals surface area (Å²) in [5.41, 5.74) is 6.78. The summed E-state index contributed by atoms with van der Waals surface area (Å²) in [6, 6.07) is 15.0. The third kappa shape index (κ3) is 3.71. The molecule has 0 bridgehead atoms. The Morgan fingerprint density at radius 3 is 2.63 bits per heavy atom. The van der Waals surface area contributed by atoms with Gasteiger partial charge in [0.1, 0.15) is 11.3 Å². The van der Waals surface area contributed by atoms with Gasteiger partial charge in [-0.1, -0.05) is 12.1 Å². The molecular formula is C24H21BrN2O3. The summed E-state index contributed by atoms with van der Waals surface area (Å²) in [6.45, 7) is 6.00. The van der Waals surface area contributed by atoms with E-state index in [4.69, 9.17) is 9.15 Å². The van der Waals surface area contributed by atoms with Crippen LogP contribution in [0.15, 0.2) is 57.4 Å². The third-order valence-corrected chi connectivity index (χ3v) is 5.67. The van der Waals surface area contributed by atoms with Gasteiger partial charge in [0, 0.05) is 16.8 Å². The number of amides is 1. The summed E-state index contributed by atoms with van der Waals surface area (Å²) in [7, 11) is 1.59. The van der Waals surface area contributed by atoms with Crippen molar-refractivity contribution < 1.29 is 13.9 Å². The number of nitrogens with zero attached hydrogens (tertiary/aromatic N) is 1. The number of carbonyl (C=O) groups excluding carboxylic acids is 1. The topological polar surface area (TPSA) is 64.4 Å². The zero-order valence-corrected chi connectivity index (χ0v) is 18.8. The largest absolute Gasteiger partial charge is 0.496 e. The molecule has 1 heterocycles. The molecule has 0 radical (unpaired) electrons. The normalized spacial score (nSPS) is 11.0. The van der Waals surface area contributed by atoms with Crippen LogP contribution < -0.4 is 10.1 Å². The van der Waals surface area contributed by atoms with E-state index < -0.39 is 0 Å². The smallest absolute Gasteiger partial charge is 0.255 e. The van der Waals surface area contributed by atoms with E-state index in [1.807, 2.05) is 45.0 Å². The second-order valence-corrected chi connectivity index (χ2v) is 8.09. The SMILES string of the molecule is COc1ccc(C(=O)Nc2cccc(-c3nc4cc(C)cc(C)c4o3)c2C)cc1Br. The number of ether oxygens (including phenoxy) is 1. The molecule has 0 aliphatic rings. The van der Waals surface area contributed by atoms with Crippen molar-refractivity contribution in [3.63, 3.8) is 0 Å². The molecule has 4 rings (SSSR count). The fourth-order valence-corrected chi connectivity index (χ4v) is 4.04. The molecule has 4 aromatic rings. The molecule has 0 unspecified atom stereocenters. The highest BCUT2D eigenvalue weighted by Crippen LogP contribution is 2.32. The highest BCUT2D eigenvalue weighted by Gasteiger charge is 2.16. The maximum Gasteiger partial charge on any atom is 0.255 e. The van der Waals surface area contributed by atoms with Crippen molar-refractivity contribution in [3.8, 4) is 17.2 Å². The molecule has 1 amide bonds. The van der Waals surface area contributed by atoms with E-state index in [0.717, 1.165) is 37.8 Å². The summed E-state index contributed by atoms with van der Waals surface area (Å²) in [5, 5.41) is 2.99. The number of oxazole rings is 1. The number of nitrogens with one attached hydrogen (secondary N) is 1. The van der Waals surface area contributed by atoms with E-state index in [9.17, 15) is 4.79 Å². The molecule has 152 valence electrons. The van der Waals surface area contributed by atoms with E-state index in [1.54, 1.807) is 25.3 Å². The number of methoxy groups -OCH3 is 1. The van der Waals surface area contributed by atoms with Crippen LogP contribution >= 0.6 is 15.9 Å². The zero-order valence-electron chi connectivity index (χ0n) is 17.2. The van der Waals surface area contributed by atoms with Gasteiger partial charge in [-0.3, -0.25) is 4.79 Å². The third-order valence-electron chi connectivity index (χ3n) is 5.05. The number of carbonyl (C=O) groups is 1. The molecule has 0 aliphatic carbocycles. The van der Waals surface area contributed by atoms with Gasteiger partial charge in [-0.2, -0.15) is 0 Å². The molecule has 0 saturated carbocycles. The molecule has 3 aromatic carbocycles. The van der Waals surface area contributed by atoms with E-state index in [2.05, 4.69) is 32.3 Å². The number of anilines is 1. The summed E-state index contributed by atoms with van der Waals surface area (Å²) >= 11 is 3.42. The minimum absolute atomic E-state index is 0.206. The molecule has 0 saturated heterocycles. The van der Waals surface area contributed by atoms with Gasteiger partial charge in [0.05, 0.1) is 11.6 Å². The molecule has 30 heavy (non-hydrogen) atoms. The van der Waals surface area contributed by atoms with Crippen LogP contribution in [0.4, 0.5) is 5.69 Å². The van der Waals surface area contributed by atoms with Crippen molar-refractivity contribution in [2.75, 3.05) is 12.4 Å². The van der Waals surface area contributed by atoms with Crippen molar-refractivity contribution in [1.82, 2.24) is 4.98 Å². The molecule has 0 spiro atoms.